The number of aromatic nitrogens is 2. The van der Waals surface area contributed by atoms with Gasteiger partial charge < -0.3 is 10.2 Å². The van der Waals surface area contributed by atoms with Crippen molar-refractivity contribution >= 4 is 22.7 Å². The van der Waals surface area contributed by atoms with Crippen LogP contribution in [-0.2, 0) is 6.54 Å². The van der Waals surface area contributed by atoms with Gasteiger partial charge in [0.1, 0.15) is 5.82 Å². The van der Waals surface area contributed by atoms with Crippen LogP contribution in [-0.4, -0.2) is 23.1 Å². The maximum atomic E-state index is 8.92. The van der Waals surface area contributed by atoms with E-state index in [1.165, 1.54) is 19.3 Å². The van der Waals surface area contributed by atoms with E-state index in [0.717, 1.165) is 41.3 Å². The summed E-state index contributed by atoms with van der Waals surface area (Å²) >= 11 is 0. The number of rotatable bonds is 4. The summed E-state index contributed by atoms with van der Waals surface area (Å²) < 4.78 is 0. The van der Waals surface area contributed by atoms with Crippen molar-refractivity contribution in [2.75, 3.05) is 23.3 Å². The number of fused-ring (bicyclic) bond motifs is 1. The average Bonchev–Trinajstić information content (AvgIpc) is 2.73. The summed E-state index contributed by atoms with van der Waals surface area (Å²) in [6.45, 7) is 2.70. The number of benzene rings is 2. The minimum atomic E-state index is 0.659. The van der Waals surface area contributed by atoms with Crippen molar-refractivity contribution < 1.29 is 0 Å². The quantitative estimate of drug-likeness (QED) is 0.772. The Morgan fingerprint density at radius 3 is 2.50 bits per heavy atom. The lowest BCUT2D eigenvalue weighted by atomic mass is 10.1. The molecule has 1 aromatic heterocycles. The van der Waals surface area contributed by atoms with Crippen molar-refractivity contribution in [3.05, 3.63) is 59.7 Å². The highest BCUT2D eigenvalue weighted by molar-refractivity contribution is 5.90. The Morgan fingerprint density at radius 2 is 1.73 bits per heavy atom. The molecule has 2 aromatic carbocycles. The Morgan fingerprint density at radius 1 is 0.962 bits per heavy atom. The highest BCUT2D eigenvalue weighted by atomic mass is 15.3. The molecule has 0 radical (unpaired) electrons. The molecule has 1 fully saturated rings. The minimum Gasteiger partial charge on any atom is -0.365 e. The number of hydrogen-bond donors (Lipinski definition) is 1. The van der Waals surface area contributed by atoms with Crippen LogP contribution in [0.4, 0.5) is 11.8 Å². The summed E-state index contributed by atoms with van der Waals surface area (Å²) in [5.41, 5.74) is 2.75. The molecule has 0 unspecified atom stereocenters. The second-order valence-electron chi connectivity index (χ2n) is 6.60. The predicted molar refractivity (Wildman–Crippen MR) is 104 cm³/mol. The van der Waals surface area contributed by atoms with Crippen LogP contribution >= 0.6 is 0 Å². The highest BCUT2D eigenvalue weighted by Crippen LogP contribution is 2.25. The molecule has 130 valence electrons. The average molecular weight is 343 g/mol. The summed E-state index contributed by atoms with van der Waals surface area (Å²) in [5, 5.41) is 13.4. The molecule has 1 N–H and O–H groups in total. The molecule has 1 aliphatic rings. The van der Waals surface area contributed by atoms with Gasteiger partial charge in [-0.05, 0) is 49.1 Å². The molecule has 0 atom stereocenters. The maximum Gasteiger partial charge on any atom is 0.227 e. The second kappa shape index (κ2) is 7.40. The molecule has 0 saturated carbocycles. The summed E-state index contributed by atoms with van der Waals surface area (Å²) in [5.74, 6) is 1.67. The fourth-order valence-electron chi connectivity index (χ4n) is 3.32. The lowest BCUT2D eigenvalue weighted by molar-refractivity contribution is 0.569. The van der Waals surface area contributed by atoms with Gasteiger partial charge >= 0.3 is 0 Å². The van der Waals surface area contributed by atoms with E-state index < -0.39 is 0 Å². The van der Waals surface area contributed by atoms with Crippen molar-refractivity contribution in [3.8, 4) is 6.07 Å². The molecule has 3 aromatic rings. The molecular weight excluding hydrogens is 322 g/mol. The fourth-order valence-corrected chi connectivity index (χ4v) is 3.32. The monoisotopic (exact) mass is 343 g/mol. The van der Waals surface area contributed by atoms with E-state index in [0.29, 0.717) is 12.1 Å². The SMILES string of the molecule is N#Cc1ccc(CNc2nc(N3CCCCC3)nc3ccccc23)cc1. The van der Waals surface area contributed by atoms with E-state index >= 15 is 0 Å². The Kier molecular flexibility index (Phi) is 4.65. The van der Waals surface area contributed by atoms with Gasteiger partial charge in [-0.25, -0.2) is 4.98 Å². The Hall–Kier alpha value is -3.13. The molecule has 1 aliphatic heterocycles. The standard InChI is InChI=1S/C21H21N5/c22-14-16-8-10-17(11-9-16)15-23-20-18-6-2-3-7-19(18)24-21(25-20)26-12-4-1-5-13-26/h2-3,6-11H,1,4-5,12-13,15H2,(H,23,24,25). The molecule has 4 rings (SSSR count). The van der Waals surface area contributed by atoms with Crippen LogP contribution in [0.3, 0.4) is 0 Å². The lowest BCUT2D eigenvalue weighted by Gasteiger charge is -2.27. The molecule has 5 nitrogen and oxygen atoms in total. The first-order valence-electron chi connectivity index (χ1n) is 9.08. The van der Waals surface area contributed by atoms with E-state index in [9.17, 15) is 0 Å². The van der Waals surface area contributed by atoms with E-state index in [1.807, 2.05) is 42.5 Å². The Labute approximate surface area is 153 Å². The van der Waals surface area contributed by atoms with Crippen LogP contribution in [0.15, 0.2) is 48.5 Å². The van der Waals surface area contributed by atoms with Gasteiger partial charge in [0.2, 0.25) is 5.95 Å². The number of piperidine rings is 1. The number of nitrogens with zero attached hydrogens (tertiary/aromatic N) is 4. The maximum absolute atomic E-state index is 8.92. The zero-order valence-electron chi connectivity index (χ0n) is 14.7. The van der Waals surface area contributed by atoms with Gasteiger partial charge in [0.15, 0.2) is 0 Å². The van der Waals surface area contributed by atoms with Crippen LogP contribution in [0.1, 0.15) is 30.4 Å². The van der Waals surface area contributed by atoms with Gasteiger partial charge in [0.05, 0.1) is 17.1 Å². The van der Waals surface area contributed by atoms with E-state index in [1.54, 1.807) is 0 Å². The van der Waals surface area contributed by atoms with Crippen molar-refractivity contribution in [1.82, 2.24) is 9.97 Å². The lowest BCUT2D eigenvalue weighted by Crippen LogP contribution is -2.31. The normalized spacial score (nSPS) is 14.2. The smallest absolute Gasteiger partial charge is 0.227 e. The predicted octanol–water partition coefficient (Wildman–Crippen LogP) is 4.10. The van der Waals surface area contributed by atoms with Crippen LogP contribution in [0.25, 0.3) is 10.9 Å². The first kappa shape index (κ1) is 16.3. The molecule has 1 saturated heterocycles. The number of nitriles is 1. The van der Waals surface area contributed by atoms with Crippen molar-refractivity contribution in [2.24, 2.45) is 0 Å². The number of para-hydroxylation sites is 1. The molecule has 0 amide bonds. The summed E-state index contributed by atoms with van der Waals surface area (Å²) in [6.07, 6.45) is 3.68. The number of hydrogen-bond acceptors (Lipinski definition) is 5. The third-order valence-electron chi connectivity index (χ3n) is 4.77. The first-order valence-corrected chi connectivity index (χ1v) is 9.08. The van der Waals surface area contributed by atoms with Gasteiger partial charge in [0, 0.05) is 25.0 Å². The van der Waals surface area contributed by atoms with Crippen molar-refractivity contribution in [1.29, 1.82) is 5.26 Å². The van der Waals surface area contributed by atoms with Crippen molar-refractivity contribution in [3.63, 3.8) is 0 Å². The van der Waals surface area contributed by atoms with Gasteiger partial charge in [-0.3, -0.25) is 0 Å². The van der Waals surface area contributed by atoms with Gasteiger partial charge in [-0.15, -0.1) is 0 Å². The van der Waals surface area contributed by atoms with Gasteiger partial charge in [-0.2, -0.15) is 10.2 Å². The molecular formula is C21H21N5. The molecule has 5 heteroatoms. The minimum absolute atomic E-state index is 0.659. The third kappa shape index (κ3) is 3.45. The Bertz CT molecular complexity index is 937. The molecule has 0 aliphatic carbocycles. The molecule has 0 spiro atoms. The number of nitrogens with one attached hydrogen (secondary N) is 1. The highest BCUT2D eigenvalue weighted by Gasteiger charge is 2.16. The van der Waals surface area contributed by atoms with Gasteiger partial charge in [0.25, 0.3) is 0 Å². The van der Waals surface area contributed by atoms with Crippen LogP contribution in [0.5, 0.6) is 0 Å². The largest absolute Gasteiger partial charge is 0.365 e. The fraction of sp³-hybridized carbons (Fsp3) is 0.286. The van der Waals surface area contributed by atoms with Crippen LogP contribution in [0, 0.1) is 11.3 Å². The van der Waals surface area contributed by atoms with Crippen molar-refractivity contribution in [2.45, 2.75) is 25.8 Å². The van der Waals surface area contributed by atoms with E-state index in [2.05, 4.69) is 22.4 Å². The third-order valence-corrected chi connectivity index (χ3v) is 4.77. The molecule has 26 heavy (non-hydrogen) atoms. The van der Waals surface area contributed by atoms with Gasteiger partial charge in [-0.1, -0.05) is 24.3 Å². The second-order valence-corrected chi connectivity index (χ2v) is 6.60. The zero-order chi connectivity index (χ0) is 17.8. The summed E-state index contributed by atoms with van der Waals surface area (Å²) in [4.78, 5) is 11.9. The molecule has 2 heterocycles. The van der Waals surface area contributed by atoms with E-state index in [-0.39, 0.29) is 0 Å². The summed E-state index contributed by atoms with van der Waals surface area (Å²) in [7, 11) is 0. The zero-order valence-corrected chi connectivity index (χ0v) is 14.7. The van der Waals surface area contributed by atoms with E-state index in [4.69, 9.17) is 15.2 Å². The molecule has 0 bridgehead atoms. The Balaban J connectivity index is 1.62. The first-order chi connectivity index (χ1) is 12.8. The van der Waals surface area contributed by atoms with Crippen LogP contribution < -0.4 is 10.2 Å². The number of anilines is 2. The van der Waals surface area contributed by atoms with Crippen LogP contribution in [0.2, 0.25) is 0 Å². The summed E-state index contributed by atoms with van der Waals surface area (Å²) in [6, 6.07) is 17.9. The topological polar surface area (TPSA) is 64.8 Å².